The number of aromatic nitrogens is 6. The molecule has 0 aliphatic carbocycles. The van der Waals surface area contributed by atoms with Gasteiger partial charge in [-0.25, -0.2) is 19.7 Å². The molecule has 1 aliphatic rings. The second-order valence-corrected chi connectivity index (χ2v) is 10.4. The Morgan fingerprint density at radius 3 is 2.42 bits per heavy atom. The maximum Gasteiger partial charge on any atom is 0.411 e. The maximum absolute atomic E-state index is 13.6. The third kappa shape index (κ3) is 5.28. The summed E-state index contributed by atoms with van der Waals surface area (Å²) in [6.45, 7) is 5.60. The Labute approximate surface area is 249 Å². The van der Waals surface area contributed by atoms with Crippen molar-refractivity contribution in [3.63, 3.8) is 0 Å². The van der Waals surface area contributed by atoms with E-state index in [1.807, 2.05) is 53.1 Å². The van der Waals surface area contributed by atoms with Crippen LogP contribution in [0.15, 0.2) is 48.5 Å². The predicted octanol–water partition coefficient (Wildman–Crippen LogP) is 4.09. The number of aryl methyl sites for hydroxylation is 1. The van der Waals surface area contributed by atoms with Gasteiger partial charge in [0, 0.05) is 31.5 Å². The molecular formula is C31H35N7O5. The molecule has 0 saturated carbocycles. The highest BCUT2D eigenvalue weighted by Crippen LogP contribution is 2.40. The molecule has 1 atom stereocenters. The molecule has 0 radical (unpaired) electrons. The molecule has 0 saturated heterocycles. The quantitative estimate of drug-likeness (QED) is 0.215. The Hall–Kier alpha value is -4.87. The van der Waals surface area contributed by atoms with Crippen molar-refractivity contribution in [1.29, 1.82) is 0 Å². The number of carbonyl (C=O) groups is 3. The minimum absolute atomic E-state index is 0.0968. The maximum atomic E-state index is 13.6. The van der Waals surface area contributed by atoms with Crippen LogP contribution in [0.5, 0.6) is 0 Å². The third-order valence-electron chi connectivity index (χ3n) is 7.80. The van der Waals surface area contributed by atoms with Gasteiger partial charge in [-0.1, -0.05) is 61.9 Å². The minimum atomic E-state index is -2.02. The molecule has 4 aromatic rings. The Balaban J connectivity index is 1.60. The lowest BCUT2D eigenvalue weighted by Gasteiger charge is -2.42. The van der Waals surface area contributed by atoms with Crippen molar-refractivity contribution in [3.8, 4) is 22.5 Å². The van der Waals surface area contributed by atoms with E-state index in [1.54, 1.807) is 6.92 Å². The molecule has 224 valence electrons. The van der Waals surface area contributed by atoms with Crippen molar-refractivity contribution < 1.29 is 23.9 Å². The van der Waals surface area contributed by atoms with E-state index < -0.39 is 23.4 Å². The predicted molar refractivity (Wildman–Crippen MR) is 157 cm³/mol. The summed E-state index contributed by atoms with van der Waals surface area (Å²) in [6.07, 6.45) is 2.08. The number of tetrazole rings is 1. The average molecular weight is 586 g/mol. The third-order valence-corrected chi connectivity index (χ3v) is 7.80. The monoisotopic (exact) mass is 585 g/mol. The molecule has 2 aromatic heterocycles. The van der Waals surface area contributed by atoms with Crippen molar-refractivity contribution in [2.24, 2.45) is 0 Å². The van der Waals surface area contributed by atoms with Gasteiger partial charge in [0.25, 0.3) is 0 Å². The van der Waals surface area contributed by atoms with Crippen LogP contribution in [0.3, 0.4) is 0 Å². The second-order valence-electron chi connectivity index (χ2n) is 10.4. The van der Waals surface area contributed by atoms with E-state index in [9.17, 15) is 14.4 Å². The number of hydrogen-bond acceptors (Lipinski definition) is 9. The van der Waals surface area contributed by atoms with Crippen molar-refractivity contribution >= 4 is 17.8 Å². The number of hydrogen-bond donors (Lipinski definition) is 1. The zero-order valence-electron chi connectivity index (χ0n) is 24.8. The Bertz CT molecular complexity index is 1610. The van der Waals surface area contributed by atoms with Gasteiger partial charge >= 0.3 is 12.1 Å². The SMILES string of the molecule is CCCCc1nc2c(n1Cc1ccc(-c3ccccc3-c3nnn[nH]3)cc1)C(C(C)=O)(C(=O)OC)N(C(=O)OCC)CC2. The normalized spacial score (nSPS) is 16.0. The first-order valence-corrected chi connectivity index (χ1v) is 14.4. The van der Waals surface area contributed by atoms with Gasteiger partial charge in [-0.05, 0) is 47.4 Å². The molecular weight excluding hydrogens is 550 g/mol. The summed E-state index contributed by atoms with van der Waals surface area (Å²) in [6, 6.07) is 15.9. The fraction of sp³-hybridized carbons (Fsp3) is 0.387. The second kappa shape index (κ2) is 12.6. The standard InChI is InChI=1S/C31H35N7O5/c1-5-7-12-26-32-25-17-18-38(30(41)43-6-2)31(20(3)39,29(40)42-4)27(25)37(26)19-21-13-15-22(16-14-21)23-10-8-9-11-24(23)28-33-35-36-34-28/h8-11,13-16H,5-7,12,17-19H2,1-4H3,(H,33,34,35,36). The smallest absolute Gasteiger partial charge is 0.411 e. The minimum Gasteiger partial charge on any atom is -0.467 e. The molecule has 1 amide bonds. The van der Waals surface area contributed by atoms with Crippen LogP contribution in [0, 0.1) is 0 Å². The van der Waals surface area contributed by atoms with Gasteiger partial charge in [-0.3, -0.25) is 9.69 Å². The van der Waals surface area contributed by atoms with Crippen molar-refractivity contribution in [2.75, 3.05) is 20.3 Å². The molecule has 2 aromatic carbocycles. The van der Waals surface area contributed by atoms with Crippen LogP contribution >= 0.6 is 0 Å². The first-order chi connectivity index (χ1) is 20.9. The summed E-state index contributed by atoms with van der Waals surface area (Å²) < 4.78 is 12.4. The molecule has 0 bridgehead atoms. The number of ketones is 1. The number of esters is 1. The van der Waals surface area contributed by atoms with Crippen LogP contribution in [-0.2, 0) is 44.0 Å². The van der Waals surface area contributed by atoms with E-state index in [0.29, 0.717) is 36.6 Å². The van der Waals surface area contributed by atoms with E-state index in [1.165, 1.54) is 18.9 Å². The van der Waals surface area contributed by atoms with Crippen LogP contribution in [-0.4, -0.2) is 73.2 Å². The Kier molecular flexibility index (Phi) is 8.65. The molecule has 12 nitrogen and oxygen atoms in total. The summed E-state index contributed by atoms with van der Waals surface area (Å²) >= 11 is 0. The Morgan fingerprint density at radius 1 is 1.05 bits per heavy atom. The number of ether oxygens (including phenoxy) is 2. The van der Waals surface area contributed by atoms with Gasteiger partial charge < -0.3 is 14.0 Å². The number of methoxy groups -OCH3 is 1. The van der Waals surface area contributed by atoms with E-state index in [4.69, 9.17) is 14.5 Å². The lowest BCUT2D eigenvalue weighted by molar-refractivity contribution is -0.161. The fourth-order valence-corrected chi connectivity index (χ4v) is 5.81. The van der Waals surface area contributed by atoms with Gasteiger partial charge in [0.1, 0.15) is 5.82 Å². The number of imidazole rings is 1. The van der Waals surface area contributed by atoms with Crippen LogP contribution in [0.1, 0.15) is 56.4 Å². The van der Waals surface area contributed by atoms with E-state index in [0.717, 1.165) is 40.9 Å². The zero-order chi connectivity index (χ0) is 30.6. The summed E-state index contributed by atoms with van der Waals surface area (Å²) in [5.41, 5.74) is 2.68. The van der Waals surface area contributed by atoms with Crippen LogP contribution in [0.25, 0.3) is 22.5 Å². The molecule has 0 spiro atoms. The van der Waals surface area contributed by atoms with Crippen LogP contribution in [0.4, 0.5) is 4.79 Å². The number of amides is 1. The van der Waals surface area contributed by atoms with Gasteiger partial charge in [-0.15, -0.1) is 5.10 Å². The number of unbranched alkanes of at least 4 members (excludes halogenated alkanes) is 1. The average Bonchev–Trinajstić information content (AvgIpc) is 3.68. The number of carbonyl (C=O) groups excluding carboxylic acids is 3. The summed E-state index contributed by atoms with van der Waals surface area (Å²) in [4.78, 5) is 46.5. The number of nitrogens with zero attached hydrogens (tertiary/aromatic N) is 6. The molecule has 1 N–H and O–H groups in total. The summed E-state index contributed by atoms with van der Waals surface area (Å²) in [5.74, 6) is -0.0596. The number of fused-ring (bicyclic) bond motifs is 1. The number of nitrogens with one attached hydrogen (secondary N) is 1. The van der Waals surface area contributed by atoms with E-state index in [2.05, 4.69) is 27.5 Å². The van der Waals surface area contributed by atoms with Gasteiger partial charge in [0.2, 0.25) is 5.54 Å². The highest BCUT2D eigenvalue weighted by molar-refractivity contribution is 6.10. The number of H-pyrrole nitrogens is 1. The molecule has 0 fully saturated rings. The molecule has 43 heavy (non-hydrogen) atoms. The number of aromatic amines is 1. The molecule has 3 heterocycles. The van der Waals surface area contributed by atoms with Crippen LogP contribution in [0.2, 0.25) is 0 Å². The number of rotatable bonds is 10. The number of Topliss-reactive ketones (excluding diaryl/α,β-unsaturated/α-hetero) is 1. The highest BCUT2D eigenvalue weighted by atomic mass is 16.6. The fourth-order valence-electron chi connectivity index (χ4n) is 5.81. The van der Waals surface area contributed by atoms with Crippen molar-refractivity contribution in [2.45, 2.75) is 58.5 Å². The van der Waals surface area contributed by atoms with Crippen molar-refractivity contribution in [3.05, 3.63) is 71.3 Å². The van der Waals surface area contributed by atoms with Gasteiger partial charge in [0.05, 0.1) is 25.1 Å². The topological polar surface area (TPSA) is 145 Å². The van der Waals surface area contributed by atoms with Crippen LogP contribution < -0.4 is 0 Å². The molecule has 1 unspecified atom stereocenters. The Morgan fingerprint density at radius 2 is 1.79 bits per heavy atom. The largest absolute Gasteiger partial charge is 0.467 e. The summed E-state index contributed by atoms with van der Waals surface area (Å²) in [7, 11) is 1.22. The molecule has 12 heteroatoms. The molecule has 1 aliphatic heterocycles. The van der Waals surface area contributed by atoms with Gasteiger partial charge in [0.15, 0.2) is 11.6 Å². The van der Waals surface area contributed by atoms with Gasteiger partial charge in [-0.2, -0.15) is 0 Å². The highest BCUT2D eigenvalue weighted by Gasteiger charge is 2.59. The lowest BCUT2D eigenvalue weighted by atomic mass is 9.83. The lowest BCUT2D eigenvalue weighted by Crippen LogP contribution is -2.63. The first-order valence-electron chi connectivity index (χ1n) is 14.4. The number of benzene rings is 2. The van der Waals surface area contributed by atoms with Crippen molar-refractivity contribution in [1.82, 2.24) is 35.1 Å². The zero-order valence-corrected chi connectivity index (χ0v) is 24.8. The van der Waals surface area contributed by atoms with E-state index in [-0.39, 0.29) is 13.2 Å². The first kappa shape index (κ1) is 29.6. The van der Waals surface area contributed by atoms with E-state index >= 15 is 0 Å². The summed E-state index contributed by atoms with van der Waals surface area (Å²) in [5, 5.41) is 14.3. The molecule has 5 rings (SSSR count).